The molecule has 0 aliphatic rings. The molecule has 0 aromatic carbocycles. The van der Waals surface area contributed by atoms with Crippen LogP contribution in [0.1, 0.15) is 90.4 Å². The van der Waals surface area contributed by atoms with E-state index in [1.165, 1.54) is 70.0 Å². The predicted octanol–water partition coefficient (Wildman–Crippen LogP) is 3.44. The van der Waals surface area contributed by atoms with Gasteiger partial charge in [-0.1, -0.05) is 58.3 Å². The van der Waals surface area contributed by atoms with Crippen molar-refractivity contribution in [3.8, 4) is 0 Å². The molecule has 0 heterocycles. The molecule has 0 radical (unpaired) electrons. The molecule has 138 valence electrons. The number of carboxylic acid groups (broad SMARTS) is 1. The van der Waals surface area contributed by atoms with Crippen LogP contribution in [0.3, 0.4) is 0 Å². The minimum atomic E-state index is -1.06. The fraction of sp³-hybridized carbons (Fsp3) is 0.947. The highest BCUT2D eigenvalue weighted by Gasteiger charge is 2.14. The smallest absolute Gasteiger partial charge is 0.110 e. The van der Waals surface area contributed by atoms with Gasteiger partial charge in [0.1, 0.15) is 11.5 Å². The quantitative estimate of drug-likeness (QED) is 0.324. The van der Waals surface area contributed by atoms with Gasteiger partial charge in [0.25, 0.3) is 0 Å². The Hall–Kier alpha value is -0.220. The van der Waals surface area contributed by atoms with Crippen LogP contribution >= 0.6 is 0 Å². The van der Waals surface area contributed by atoms with Gasteiger partial charge in [-0.2, -0.15) is 0 Å². The van der Waals surface area contributed by atoms with Crippen molar-refractivity contribution in [3.05, 3.63) is 0 Å². The highest BCUT2D eigenvalue weighted by atomic mass is 32.2. The van der Waals surface area contributed by atoms with Gasteiger partial charge in [-0.3, -0.25) is 0 Å². The second kappa shape index (κ2) is 16.6. The third-order valence-electron chi connectivity index (χ3n) is 4.33. The first-order chi connectivity index (χ1) is 11.1. The number of carboxylic acids is 1. The van der Waals surface area contributed by atoms with E-state index in [2.05, 4.69) is 13.2 Å². The number of hydrogen-bond acceptors (Lipinski definition) is 3. The fourth-order valence-electron chi connectivity index (χ4n) is 2.70. The molecule has 0 aliphatic heterocycles. The Balaban J connectivity index is 3.30. The lowest BCUT2D eigenvalue weighted by Crippen LogP contribution is -2.24. The van der Waals surface area contributed by atoms with Gasteiger partial charge >= 0.3 is 0 Å². The summed E-state index contributed by atoms with van der Waals surface area (Å²) in [4.78, 5) is 10.3. The van der Waals surface area contributed by atoms with Gasteiger partial charge < -0.3 is 15.0 Å². The number of hydrogen-bond donors (Lipinski definition) is 1. The van der Waals surface area contributed by atoms with Crippen LogP contribution in [0.25, 0.3) is 0 Å². The Morgan fingerprint density at radius 2 is 1.43 bits per heavy atom. The molecule has 0 saturated heterocycles. The van der Waals surface area contributed by atoms with Gasteiger partial charge in [0.15, 0.2) is 0 Å². The molecule has 0 amide bonds. The van der Waals surface area contributed by atoms with Crippen LogP contribution < -0.4 is 5.11 Å². The SMILES string of the molecule is CCCCCCCCCCCC[S+](C)CCC(O)CCC(=O)[O-]. The van der Waals surface area contributed by atoms with Gasteiger partial charge in [-0.25, -0.2) is 0 Å². The van der Waals surface area contributed by atoms with E-state index in [1.807, 2.05) is 0 Å². The summed E-state index contributed by atoms with van der Waals surface area (Å²) in [5, 5.41) is 20.0. The van der Waals surface area contributed by atoms with Crippen LogP contribution in [0.15, 0.2) is 0 Å². The second-order valence-electron chi connectivity index (χ2n) is 6.72. The molecule has 0 fully saturated rings. The van der Waals surface area contributed by atoms with Crippen molar-refractivity contribution in [2.45, 2.75) is 96.5 Å². The standard InChI is InChI=1S/C19H38O3S/c1-3-4-5-6-7-8-9-10-11-12-16-23(2)17-15-18(20)13-14-19(21)22/h18,20H,3-17H2,1-2H3. The molecular formula is C19H38O3S. The number of aliphatic hydroxyl groups excluding tert-OH is 1. The van der Waals surface area contributed by atoms with Crippen molar-refractivity contribution in [3.63, 3.8) is 0 Å². The summed E-state index contributed by atoms with van der Waals surface area (Å²) in [5.74, 6) is 1.21. The molecule has 1 N–H and O–H groups in total. The molecule has 0 aromatic rings. The monoisotopic (exact) mass is 346 g/mol. The first-order valence-electron chi connectivity index (χ1n) is 9.53. The molecular weight excluding hydrogens is 308 g/mol. The van der Waals surface area contributed by atoms with Crippen LogP contribution in [-0.4, -0.2) is 34.9 Å². The maximum atomic E-state index is 10.3. The maximum Gasteiger partial charge on any atom is 0.110 e. The largest absolute Gasteiger partial charge is 0.550 e. The average molecular weight is 347 g/mol. The number of aliphatic carboxylic acids is 1. The van der Waals surface area contributed by atoms with E-state index in [0.717, 1.165) is 12.2 Å². The lowest BCUT2D eigenvalue weighted by molar-refractivity contribution is -0.306. The third kappa shape index (κ3) is 18.0. The third-order valence-corrected chi connectivity index (χ3v) is 6.25. The number of aliphatic hydroxyl groups is 1. The van der Waals surface area contributed by atoms with Crippen molar-refractivity contribution in [1.82, 2.24) is 0 Å². The summed E-state index contributed by atoms with van der Waals surface area (Å²) in [6.07, 6.45) is 16.5. The van der Waals surface area contributed by atoms with E-state index in [1.54, 1.807) is 0 Å². The summed E-state index contributed by atoms with van der Waals surface area (Å²) in [6.45, 7) is 2.26. The molecule has 0 spiro atoms. The Labute approximate surface area is 146 Å². The Bertz CT molecular complexity index is 271. The minimum Gasteiger partial charge on any atom is -0.550 e. The second-order valence-corrected chi connectivity index (χ2v) is 9.10. The normalized spacial score (nSPS) is 13.9. The summed E-state index contributed by atoms with van der Waals surface area (Å²) in [7, 11) is 0.359. The molecule has 0 bridgehead atoms. The first-order valence-corrected chi connectivity index (χ1v) is 11.5. The highest BCUT2D eigenvalue weighted by Crippen LogP contribution is 2.12. The predicted molar refractivity (Wildman–Crippen MR) is 99.7 cm³/mol. The van der Waals surface area contributed by atoms with Gasteiger partial charge in [-0.05, 0) is 36.6 Å². The molecule has 0 rings (SSSR count). The van der Waals surface area contributed by atoms with E-state index in [4.69, 9.17) is 0 Å². The van der Waals surface area contributed by atoms with E-state index in [-0.39, 0.29) is 6.42 Å². The van der Waals surface area contributed by atoms with Crippen LogP contribution in [0.5, 0.6) is 0 Å². The Kier molecular flexibility index (Phi) is 16.5. The van der Waals surface area contributed by atoms with Crippen molar-refractivity contribution in [2.75, 3.05) is 17.8 Å². The van der Waals surface area contributed by atoms with E-state index in [9.17, 15) is 15.0 Å². The molecule has 23 heavy (non-hydrogen) atoms. The summed E-state index contributed by atoms with van der Waals surface area (Å²) < 4.78 is 0. The van der Waals surface area contributed by atoms with Crippen molar-refractivity contribution < 1.29 is 15.0 Å². The highest BCUT2D eigenvalue weighted by molar-refractivity contribution is 7.96. The molecule has 0 aliphatic carbocycles. The molecule has 0 aromatic heterocycles. The van der Waals surface area contributed by atoms with Gasteiger partial charge in [0, 0.05) is 12.4 Å². The van der Waals surface area contributed by atoms with Crippen LogP contribution in [0, 0.1) is 0 Å². The van der Waals surface area contributed by atoms with E-state index >= 15 is 0 Å². The van der Waals surface area contributed by atoms with Crippen LogP contribution in [0.2, 0.25) is 0 Å². The molecule has 2 unspecified atom stereocenters. The van der Waals surface area contributed by atoms with Crippen LogP contribution in [-0.2, 0) is 15.7 Å². The zero-order valence-electron chi connectivity index (χ0n) is 15.4. The van der Waals surface area contributed by atoms with Crippen molar-refractivity contribution >= 4 is 16.9 Å². The summed E-state index contributed by atoms with van der Waals surface area (Å²) in [5.41, 5.74) is 0. The molecule has 3 nitrogen and oxygen atoms in total. The summed E-state index contributed by atoms with van der Waals surface area (Å²) in [6, 6.07) is 0. The van der Waals surface area contributed by atoms with Crippen molar-refractivity contribution in [1.29, 1.82) is 0 Å². The topological polar surface area (TPSA) is 60.4 Å². The maximum absolute atomic E-state index is 10.3. The van der Waals surface area contributed by atoms with E-state index in [0.29, 0.717) is 17.3 Å². The minimum absolute atomic E-state index is 0.0307. The molecule has 4 heteroatoms. The fourth-order valence-corrected chi connectivity index (χ4v) is 4.28. The van der Waals surface area contributed by atoms with Gasteiger partial charge in [-0.15, -0.1) is 0 Å². The Morgan fingerprint density at radius 3 is 1.96 bits per heavy atom. The first kappa shape index (κ1) is 22.8. The lowest BCUT2D eigenvalue weighted by Gasteiger charge is -2.10. The number of rotatable bonds is 17. The van der Waals surface area contributed by atoms with E-state index < -0.39 is 12.1 Å². The Morgan fingerprint density at radius 1 is 0.913 bits per heavy atom. The van der Waals surface area contributed by atoms with Crippen LogP contribution in [0.4, 0.5) is 0 Å². The summed E-state index contributed by atoms with van der Waals surface area (Å²) >= 11 is 0. The number of unbranched alkanes of at least 4 members (excludes halogenated alkanes) is 9. The van der Waals surface area contributed by atoms with Crippen molar-refractivity contribution in [2.24, 2.45) is 0 Å². The lowest BCUT2D eigenvalue weighted by atomic mass is 10.1. The zero-order valence-corrected chi connectivity index (χ0v) is 16.2. The zero-order chi connectivity index (χ0) is 17.3. The molecule has 2 atom stereocenters. The van der Waals surface area contributed by atoms with Gasteiger partial charge in [0.2, 0.25) is 0 Å². The number of carbonyl (C=O) groups excluding carboxylic acids is 1. The number of carbonyl (C=O) groups is 1. The molecule has 0 saturated carbocycles. The van der Waals surface area contributed by atoms with Gasteiger partial charge in [0.05, 0.1) is 12.4 Å². The average Bonchev–Trinajstić information content (AvgIpc) is 2.52.